The minimum absolute atomic E-state index is 0.108. The van der Waals surface area contributed by atoms with Gasteiger partial charge in [-0.3, -0.25) is 0 Å². The third-order valence-electron chi connectivity index (χ3n) is 3.60. The van der Waals surface area contributed by atoms with Crippen molar-refractivity contribution in [2.24, 2.45) is 4.99 Å². The summed E-state index contributed by atoms with van der Waals surface area (Å²) in [6.45, 7) is 3.29. The van der Waals surface area contributed by atoms with E-state index in [9.17, 15) is 18.3 Å². The zero-order chi connectivity index (χ0) is 20.6. The van der Waals surface area contributed by atoms with Gasteiger partial charge in [0.1, 0.15) is 5.60 Å². The predicted molar refractivity (Wildman–Crippen MR) is 102 cm³/mol. The Bertz CT molecular complexity index is 764. The zero-order valence-electron chi connectivity index (χ0n) is 15.6. The number of thiophene rings is 1. The smallest absolute Gasteiger partial charge is 0.422 e. The van der Waals surface area contributed by atoms with Crippen LogP contribution in [-0.2, 0) is 12.1 Å². The Kier molecular flexibility index (Phi) is 7.64. The van der Waals surface area contributed by atoms with Crippen LogP contribution >= 0.6 is 11.3 Å². The van der Waals surface area contributed by atoms with Crippen LogP contribution in [0.25, 0.3) is 0 Å². The zero-order valence-corrected chi connectivity index (χ0v) is 16.4. The number of rotatable bonds is 8. The number of nitrogens with one attached hydrogen (secondary N) is 2. The van der Waals surface area contributed by atoms with Gasteiger partial charge >= 0.3 is 6.18 Å². The van der Waals surface area contributed by atoms with E-state index < -0.39 is 18.4 Å². The van der Waals surface area contributed by atoms with Gasteiger partial charge in [-0.25, -0.2) is 9.98 Å². The highest BCUT2D eigenvalue weighted by Gasteiger charge is 2.28. The van der Waals surface area contributed by atoms with Crippen molar-refractivity contribution >= 4 is 17.3 Å². The Morgan fingerprint density at radius 3 is 2.75 bits per heavy atom. The molecule has 1 unspecified atom stereocenters. The number of alkyl halides is 3. The van der Waals surface area contributed by atoms with Crippen molar-refractivity contribution < 1.29 is 23.0 Å². The summed E-state index contributed by atoms with van der Waals surface area (Å²) in [5.41, 5.74) is -0.408. The second kappa shape index (κ2) is 9.74. The van der Waals surface area contributed by atoms with E-state index in [0.29, 0.717) is 18.1 Å². The van der Waals surface area contributed by atoms with Gasteiger partial charge in [-0.1, -0.05) is 6.07 Å². The van der Waals surface area contributed by atoms with Crippen molar-refractivity contribution in [2.45, 2.75) is 32.2 Å². The lowest BCUT2D eigenvalue weighted by Crippen LogP contribution is -2.44. The summed E-state index contributed by atoms with van der Waals surface area (Å²) in [5.74, 6) is 0.373. The SMILES string of the molecule is CCNC(=NCc1ccnc(OCC(F)(F)F)c1)NCC(C)(O)c1cccs1. The molecule has 0 aliphatic carbocycles. The Hall–Kier alpha value is -2.33. The van der Waals surface area contributed by atoms with Crippen LogP contribution in [0, 0.1) is 0 Å². The van der Waals surface area contributed by atoms with Gasteiger partial charge in [0.2, 0.25) is 5.88 Å². The highest BCUT2D eigenvalue weighted by molar-refractivity contribution is 7.10. The maximum Gasteiger partial charge on any atom is 0.422 e. The molecule has 154 valence electrons. The van der Waals surface area contributed by atoms with Gasteiger partial charge in [0, 0.05) is 23.7 Å². The van der Waals surface area contributed by atoms with Crippen LogP contribution in [0.2, 0.25) is 0 Å². The highest BCUT2D eigenvalue weighted by Crippen LogP contribution is 2.24. The number of aliphatic imine (C=N–C) groups is 1. The van der Waals surface area contributed by atoms with Crippen LogP contribution < -0.4 is 15.4 Å². The summed E-state index contributed by atoms with van der Waals surface area (Å²) in [4.78, 5) is 9.00. The van der Waals surface area contributed by atoms with Crippen molar-refractivity contribution in [3.05, 3.63) is 46.3 Å². The first kappa shape index (κ1) is 22.0. The number of hydrogen-bond donors (Lipinski definition) is 3. The van der Waals surface area contributed by atoms with Crippen molar-refractivity contribution in [3.63, 3.8) is 0 Å². The van der Waals surface area contributed by atoms with Crippen LogP contribution in [-0.4, -0.2) is 41.9 Å². The molecule has 2 heterocycles. The molecule has 2 aromatic heterocycles. The fourth-order valence-electron chi connectivity index (χ4n) is 2.22. The number of aromatic nitrogens is 1. The third-order valence-corrected chi connectivity index (χ3v) is 4.72. The molecule has 0 fully saturated rings. The lowest BCUT2D eigenvalue weighted by atomic mass is 10.1. The van der Waals surface area contributed by atoms with E-state index in [1.165, 1.54) is 23.6 Å². The molecule has 0 spiro atoms. The van der Waals surface area contributed by atoms with Gasteiger partial charge in [0.15, 0.2) is 12.6 Å². The summed E-state index contributed by atoms with van der Waals surface area (Å²) in [7, 11) is 0. The molecular formula is C18H23F3N4O2S. The van der Waals surface area contributed by atoms with Crippen molar-refractivity contribution in [3.8, 4) is 5.88 Å². The number of halogens is 3. The number of nitrogens with zero attached hydrogens (tertiary/aromatic N) is 2. The molecule has 2 aromatic rings. The molecule has 1 atom stereocenters. The number of aliphatic hydroxyl groups is 1. The molecule has 2 rings (SSSR count). The Labute approximate surface area is 165 Å². The van der Waals surface area contributed by atoms with Crippen LogP contribution in [0.15, 0.2) is 40.8 Å². The lowest BCUT2D eigenvalue weighted by Gasteiger charge is -2.23. The second-order valence-corrected chi connectivity index (χ2v) is 7.15. The minimum atomic E-state index is -4.42. The minimum Gasteiger partial charge on any atom is -0.468 e. The van der Waals surface area contributed by atoms with E-state index in [-0.39, 0.29) is 19.0 Å². The van der Waals surface area contributed by atoms with Crippen molar-refractivity contribution in [2.75, 3.05) is 19.7 Å². The van der Waals surface area contributed by atoms with Gasteiger partial charge in [-0.2, -0.15) is 13.2 Å². The first-order valence-corrected chi connectivity index (χ1v) is 9.50. The Morgan fingerprint density at radius 2 is 2.11 bits per heavy atom. The lowest BCUT2D eigenvalue weighted by molar-refractivity contribution is -0.154. The largest absolute Gasteiger partial charge is 0.468 e. The van der Waals surface area contributed by atoms with E-state index in [0.717, 1.165) is 4.88 Å². The predicted octanol–water partition coefficient (Wildman–Crippen LogP) is 3.05. The summed E-state index contributed by atoms with van der Waals surface area (Å²) >= 11 is 1.46. The van der Waals surface area contributed by atoms with Crippen molar-refractivity contribution in [1.29, 1.82) is 0 Å². The van der Waals surface area contributed by atoms with Crippen LogP contribution in [0.1, 0.15) is 24.3 Å². The van der Waals surface area contributed by atoms with E-state index in [2.05, 4.69) is 25.3 Å². The van der Waals surface area contributed by atoms with Crippen molar-refractivity contribution in [1.82, 2.24) is 15.6 Å². The molecule has 28 heavy (non-hydrogen) atoms. The van der Waals surface area contributed by atoms with E-state index in [4.69, 9.17) is 0 Å². The third kappa shape index (κ3) is 7.35. The molecule has 0 aliphatic rings. The van der Waals surface area contributed by atoms with Crippen LogP contribution in [0.3, 0.4) is 0 Å². The summed E-state index contributed by atoms with van der Waals surface area (Å²) < 4.78 is 41.4. The molecule has 3 N–H and O–H groups in total. The topological polar surface area (TPSA) is 78.8 Å². The molecule has 10 heteroatoms. The molecule has 0 aromatic carbocycles. The fraction of sp³-hybridized carbons (Fsp3) is 0.444. The van der Waals surface area contributed by atoms with Gasteiger partial charge in [0.25, 0.3) is 0 Å². The van der Waals surface area contributed by atoms with E-state index >= 15 is 0 Å². The molecule has 0 saturated carbocycles. The quantitative estimate of drug-likeness (QED) is 0.455. The van der Waals surface area contributed by atoms with Crippen LogP contribution in [0.4, 0.5) is 13.2 Å². The summed E-state index contributed by atoms with van der Waals surface area (Å²) in [6, 6.07) is 6.79. The maximum atomic E-state index is 12.3. The Morgan fingerprint density at radius 1 is 1.32 bits per heavy atom. The number of pyridine rings is 1. The molecule has 0 bridgehead atoms. The monoisotopic (exact) mass is 416 g/mol. The molecule has 0 aliphatic heterocycles. The normalized spacial score (nSPS) is 14.4. The maximum absolute atomic E-state index is 12.3. The Balaban J connectivity index is 1.98. The van der Waals surface area contributed by atoms with Gasteiger partial charge < -0.3 is 20.5 Å². The first-order valence-electron chi connectivity index (χ1n) is 8.62. The average Bonchev–Trinajstić information content (AvgIpc) is 3.18. The molecule has 6 nitrogen and oxygen atoms in total. The molecular weight excluding hydrogens is 393 g/mol. The molecule has 0 radical (unpaired) electrons. The summed E-state index contributed by atoms with van der Waals surface area (Å²) in [6.07, 6.45) is -3.05. The summed E-state index contributed by atoms with van der Waals surface area (Å²) in [5, 5.41) is 18.6. The van der Waals surface area contributed by atoms with Gasteiger partial charge in [-0.15, -0.1) is 11.3 Å². The highest BCUT2D eigenvalue weighted by atomic mass is 32.1. The van der Waals surface area contributed by atoms with Crippen LogP contribution in [0.5, 0.6) is 5.88 Å². The standard InChI is InChI=1S/C18H23F3N4O2S/c1-3-22-16(25-11-17(2,26)14-5-4-8-28-14)24-10-13-6-7-23-15(9-13)27-12-18(19,20)21/h4-9,26H,3,10-12H2,1-2H3,(H2,22,24,25). The van der Waals surface area contributed by atoms with E-state index in [1.807, 2.05) is 24.4 Å². The molecule has 0 amide bonds. The average molecular weight is 416 g/mol. The molecule has 0 saturated heterocycles. The number of hydrogen-bond acceptors (Lipinski definition) is 5. The number of guanidine groups is 1. The van der Waals surface area contributed by atoms with Gasteiger partial charge in [-0.05, 0) is 36.9 Å². The fourth-order valence-corrected chi connectivity index (χ4v) is 3.01. The first-order chi connectivity index (χ1) is 13.2. The van der Waals surface area contributed by atoms with E-state index in [1.54, 1.807) is 13.0 Å². The second-order valence-electron chi connectivity index (χ2n) is 6.21. The number of ether oxygens (including phenoxy) is 1. The van der Waals surface area contributed by atoms with Gasteiger partial charge in [0.05, 0.1) is 13.1 Å².